The number of rotatable bonds is 7. The van der Waals surface area contributed by atoms with Crippen molar-refractivity contribution in [1.82, 2.24) is 5.32 Å². The van der Waals surface area contributed by atoms with E-state index in [1.807, 2.05) is 50.2 Å². The highest BCUT2D eigenvalue weighted by atomic mass is 16.5. The lowest BCUT2D eigenvalue weighted by Crippen LogP contribution is -2.47. The molecular formula is C28H28N2O5. The number of carbonyl (C=O) groups is 3. The predicted octanol–water partition coefficient (Wildman–Crippen LogP) is 5.20. The van der Waals surface area contributed by atoms with Crippen molar-refractivity contribution in [3.05, 3.63) is 89.0 Å². The molecule has 0 aromatic heterocycles. The molecule has 3 N–H and O–H groups in total. The van der Waals surface area contributed by atoms with Gasteiger partial charge in [0, 0.05) is 11.6 Å². The largest absolute Gasteiger partial charge is 0.478 e. The quantitative estimate of drug-likeness (QED) is 0.439. The Kier molecular flexibility index (Phi) is 6.87. The van der Waals surface area contributed by atoms with E-state index in [9.17, 15) is 19.5 Å². The smallest absolute Gasteiger partial charge is 0.407 e. The maximum Gasteiger partial charge on any atom is 0.407 e. The van der Waals surface area contributed by atoms with Gasteiger partial charge in [0.15, 0.2) is 0 Å². The van der Waals surface area contributed by atoms with E-state index < -0.39 is 24.0 Å². The number of benzene rings is 3. The average molecular weight is 473 g/mol. The van der Waals surface area contributed by atoms with Crippen LogP contribution in [0.15, 0.2) is 66.7 Å². The van der Waals surface area contributed by atoms with E-state index in [1.54, 1.807) is 13.0 Å². The van der Waals surface area contributed by atoms with Gasteiger partial charge in [-0.25, -0.2) is 9.59 Å². The molecule has 1 aliphatic rings. The van der Waals surface area contributed by atoms with Gasteiger partial charge < -0.3 is 20.5 Å². The molecule has 180 valence electrons. The number of fused-ring (bicyclic) bond motifs is 3. The number of hydrogen-bond acceptors (Lipinski definition) is 4. The number of alkyl carbamates (subject to hydrolysis) is 1. The summed E-state index contributed by atoms with van der Waals surface area (Å²) < 4.78 is 5.59. The van der Waals surface area contributed by atoms with Gasteiger partial charge >= 0.3 is 12.1 Å². The summed E-state index contributed by atoms with van der Waals surface area (Å²) in [6.45, 7) is 5.47. The molecule has 0 saturated heterocycles. The first-order chi connectivity index (χ1) is 16.8. The molecule has 1 atom stereocenters. The topological polar surface area (TPSA) is 105 Å². The molecule has 0 radical (unpaired) electrons. The van der Waals surface area contributed by atoms with Crippen LogP contribution in [0.3, 0.4) is 0 Å². The minimum atomic E-state index is -1.03. The molecule has 0 aliphatic heterocycles. The highest BCUT2D eigenvalue weighted by Gasteiger charge is 2.30. The molecule has 35 heavy (non-hydrogen) atoms. The van der Waals surface area contributed by atoms with Crippen LogP contribution in [0.4, 0.5) is 10.5 Å². The Morgan fingerprint density at radius 3 is 2.09 bits per heavy atom. The third-order valence-corrected chi connectivity index (χ3v) is 6.29. The van der Waals surface area contributed by atoms with Crippen LogP contribution in [0.25, 0.3) is 11.1 Å². The summed E-state index contributed by atoms with van der Waals surface area (Å²) in [5.41, 5.74) is 5.65. The minimum Gasteiger partial charge on any atom is -0.478 e. The number of carboxylic acids is 1. The van der Waals surface area contributed by atoms with E-state index in [0.29, 0.717) is 11.3 Å². The Morgan fingerprint density at radius 1 is 0.943 bits per heavy atom. The molecule has 0 heterocycles. The van der Waals surface area contributed by atoms with E-state index in [0.717, 1.165) is 22.3 Å². The molecule has 3 aromatic carbocycles. The number of hydrogen-bond donors (Lipinski definition) is 3. The number of nitrogens with one attached hydrogen (secondary N) is 2. The van der Waals surface area contributed by atoms with Crippen LogP contribution in [0.2, 0.25) is 0 Å². The Hall–Kier alpha value is -4.13. The summed E-state index contributed by atoms with van der Waals surface area (Å²) in [6, 6.07) is 19.9. The summed E-state index contributed by atoms with van der Waals surface area (Å²) in [5, 5.41) is 14.6. The van der Waals surface area contributed by atoms with Gasteiger partial charge in [0.2, 0.25) is 5.91 Å². The Bertz CT molecular complexity index is 1240. The number of aromatic carboxylic acids is 1. The number of carboxylic acid groups (broad SMARTS) is 1. The molecule has 2 amide bonds. The van der Waals surface area contributed by atoms with Crippen molar-refractivity contribution < 1.29 is 24.2 Å². The second kappa shape index (κ2) is 10.0. The number of anilines is 1. The third-order valence-electron chi connectivity index (χ3n) is 6.29. The fourth-order valence-electron chi connectivity index (χ4n) is 4.50. The fraction of sp³-hybridized carbons (Fsp3) is 0.250. The van der Waals surface area contributed by atoms with E-state index in [2.05, 4.69) is 22.8 Å². The third kappa shape index (κ3) is 5.04. The van der Waals surface area contributed by atoms with Crippen LogP contribution in [0.5, 0.6) is 0 Å². The monoisotopic (exact) mass is 472 g/mol. The van der Waals surface area contributed by atoms with Gasteiger partial charge in [0.25, 0.3) is 0 Å². The normalized spacial score (nSPS) is 13.0. The molecule has 0 fully saturated rings. The SMILES string of the molecule is Cc1cc(NC(=O)[C@H](NC(=O)OCC2c3ccccc3-c3ccccc32)C(C)C)ccc1C(=O)O. The van der Waals surface area contributed by atoms with Crippen molar-refractivity contribution >= 4 is 23.7 Å². The van der Waals surface area contributed by atoms with Crippen molar-refractivity contribution in [3.63, 3.8) is 0 Å². The molecule has 4 rings (SSSR count). The first-order valence-corrected chi connectivity index (χ1v) is 11.5. The van der Waals surface area contributed by atoms with Gasteiger partial charge in [-0.3, -0.25) is 4.79 Å². The van der Waals surface area contributed by atoms with Crippen molar-refractivity contribution in [3.8, 4) is 11.1 Å². The Morgan fingerprint density at radius 2 is 1.54 bits per heavy atom. The zero-order chi connectivity index (χ0) is 25.1. The lowest BCUT2D eigenvalue weighted by Gasteiger charge is -2.22. The highest BCUT2D eigenvalue weighted by molar-refractivity contribution is 5.97. The summed E-state index contributed by atoms with van der Waals surface area (Å²) in [6.07, 6.45) is -0.668. The van der Waals surface area contributed by atoms with Gasteiger partial charge in [0.1, 0.15) is 12.6 Å². The summed E-state index contributed by atoms with van der Waals surface area (Å²) in [7, 11) is 0. The summed E-state index contributed by atoms with van der Waals surface area (Å²) in [4.78, 5) is 36.8. The molecule has 0 unspecified atom stereocenters. The maximum atomic E-state index is 12.9. The minimum absolute atomic E-state index is 0.0739. The average Bonchev–Trinajstić information content (AvgIpc) is 3.14. The second-order valence-electron chi connectivity index (χ2n) is 9.02. The van der Waals surface area contributed by atoms with Crippen LogP contribution in [-0.2, 0) is 9.53 Å². The van der Waals surface area contributed by atoms with Crippen LogP contribution in [0, 0.1) is 12.8 Å². The van der Waals surface area contributed by atoms with Crippen molar-refractivity contribution in [1.29, 1.82) is 0 Å². The van der Waals surface area contributed by atoms with Crippen LogP contribution in [0.1, 0.15) is 46.8 Å². The van der Waals surface area contributed by atoms with Gasteiger partial charge in [-0.2, -0.15) is 0 Å². The molecule has 7 nitrogen and oxygen atoms in total. The van der Waals surface area contributed by atoms with Crippen molar-refractivity contribution in [2.75, 3.05) is 11.9 Å². The van der Waals surface area contributed by atoms with E-state index in [-0.39, 0.29) is 24.0 Å². The molecule has 0 spiro atoms. The molecule has 0 bridgehead atoms. The molecular weight excluding hydrogens is 444 g/mol. The van der Waals surface area contributed by atoms with Crippen LogP contribution in [-0.4, -0.2) is 35.7 Å². The van der Waals surface area contributed by atoms with E-state index in [4.69, 9.17) is 4.74 Å². The molecule has 0 saturated carbocycles. The Balaban J connectivity index is 1.41. The highest BCUT2D eigenvalue weighted by Crippen LogP contribution is 2.44. The lowest BCUT2D eigenvalue weighted by molar-refractivity contribution is -0.119. The van der Waals surface area contributed by atoms with Crippen molar-refractivity contribution in [2.45, 2.75) is 32.7 Å². The number of amides is 2. The van der Waals surface area contributed by atoms with E-state index in [1.165, 1.54) is 12.1 Å². The molecule has 1 aliphatic carbocycles. The Labute approximate surface area is 204 Å². The number of ether oxygens (including phenoxy) is 1. The van der Waals surface area contributed by atoms with Crippen LogP contribution < -0.4 is 10.6 Å². The lowest BCUT2D eigenvalue weighted by atomic mass is 9.98. The molecule has 7 heteroatoms. The van der Waals surface area contributed by atoms with Gasteiger partial charge in [-0.05, 0) is 58.9 Å². The zero-order valence-corrected chi connectivity index (χ0v) is 19.9. The van der Waals surface area contributed by atoms with Crippen LogP contribution >= 0.6 is 0 Å². The first-order valence-electron chi connectivity index (χ1n) is 11.5. The summed E-state index contributed by atoms with van der Waals surface area (Å²) in [5.74, 6) is -1.71. The van der Waals surface area contributed by atoms with E-state index >= 15 is 0 Å². The van der Waals surface area contributed by atoms with Gasteiger partial charge in [-0.1, -0.05) is 62.4 Å². The number of aryl methyl sites for hydroxylation is 1. The van der Waals surface area contributed by atoms with Gasteiger partial charge in [0.05, 0.1) is 5.56 Å². The van der Waals surface area contributed by atoms with Crippen molar-refractivity contribution in [2.24, 2.45) is 5.92 Å². The second-order valence-corrected chi connectivity index (χ2v) is 9.02. The zero-order valence-electron chi connectivity index (χ0n) is 19.9. The molecule has 3 aromatic rings. The predicted molar refractivity (Wildman–Crippen MR) is 134 cm³/mol. The van der Waals surface area contributed by atoms with Gasteiger partial charge in [-0.15, -0.1) is 0 Å². The number of carbonyl (C=O) groups excluding carboxylic acids is 2. The fourth-order valence-corrected chi connectivity index (χ4v) is 4.50. The first kappa shape index (κ1) is 24.0. The summed E-state index contributed by atoms with van der Waals surface area (Å²) >= 11 is 0. The maximum absolute atomic E-state index is 12.9. The standard InChI is InChI=1S/C28H28N2O5/c1-16(2)25(26(31)29-18-12-13-19(27(32)33)17(3)14-18)30-28(34)35-15-24-22-10-6-4-8-20(22)21-9-5-7-11-23(21)24/h4-14,16,24-25H,15H2,1-3H3,(H,29,31)(H,30,34)(H,32,33)/t25-/m1/s1.